The lowest BCUT2D eigenvalue weighted by Gasteiger charge is -2.20. The van der Waals surface area contributed by atoms with Gasteiger partial charge in [0.15, 0.2) is 0 Å². The minimum Gasteiger partial charge on any atom is -0.389 e. The van der Waals surface area contributed by atoms with E-state index in [0.29, 0.717) is 0 Å². The van der Waals surface area contributed by atoms with E-state index in [1.54, 1.807) is 0 Å². The number of hydrogen-bond donors (Lipinski definition) is 1. The summed E-state index contributed by atoms with van der Waals surface area (Å²) in [6.07, 6.45) is 5.74. The Labute approximate surface area is 73.6 Å². The van der Waals surface area contributed by atoms with E-state index < -0.39 is 0 Å². The molecule has 0 amide bonds. The molecule has 0 radical (unpaired) electrons. The molecular formula is C9H18OS. The van der Waals surface area contributed by atoms with E-state index in [1.807, 2.05) is 11.8 Å². The fourth-order valence-electron chi connectivity index (χ4n) is 1.58. The van der Waals surface area contributed by atoms with Gasteiger partial charge in [0.25, 0.3) is 0 Å². The molecule has 1 fully saturated rings. The third-order valence-electron chi connectivity index (χ3n) is 2.25. The van der Waals surface area contributed by atoms with Crippen molar-refractivity contribution in [2.45, 2.75) is 44.6 Å². The van der Waals surface area contributed by atoms with E-state index in [2.05, 4.69) is 6.92 Å². The van der Waals surface area contributed by atoms with Crippen LogP contribution in [0.15, 0.2) is 0 Å². The quantitative estimate of drug-likeness (QED) is 0.661. The molecule has 0 saturated heterocycles. The molecule has 0 aromatic carbocycles. The average molecular weight is 174 g/mol. The molecule has 11 heavy (non-hydrogen) atoms. The minimum atomic E-state index is -0.292. The zero-order valence-corrected chi connectivity index (χ0v) is 8.12. The summed E-state index contributed by atoms with van der Waals surface area (Å²) in [6, 6.07) is 0. The second-order valence-electron chi connectivity index (χ2n) is 3.48. The molecule has 2 heteroatoms. The lowest BCUT2D eigenvalue weighted by Crippen LogP contribution is -2.27. The summed E-state index contributed by atoms with van der Waals surface area (Å²) in [5, 5.41) is 9.90. The Balaban J connectivity index is 2.13. The first-order chi connectivity index (χ1) is 5.27. The molecule has 1 aliphatic carbocycles. The van der Waals surface area contributed by atoms with Gasteiger partial charge in [-0.1, -0.05) is 19.8 Å². The number of rotatable bonds is 4. The first kappa shape index (κ1) is 9.40. The fourth-order valence-corrected chi connectivity index (χ4v) is 2.69. The van der Waals surface area contributed by atoms with Gasteiger partial charge in [0, 0.05) is 5.75 Å². The Morgan fingerprint density at radius 1 is 1.36 bits per heavy atom. The third kappa shape index (κ3) is 3.04. The Bertz CT molecular complexity index is 108. The van der Waals surface area contributed by atoms with Gasteiger partial charge in [-0.05, 0) is 25.0 Å². The second-order valence-corrected chi connectivity index (χ2v) is 4.59. The van der Waals surface area contributed by atoms with Crippen LogP contribution in [0.2, 0.25) is 0 Å². The molecule has 0 bridgehead atoms. The van der Waals surface area contributed by atoms with Gasteiger partial charge in [-0.15, -0.1) is 0 Å². The second kappa shape index (κ2) is 4.36. The van der Waals surface area contributed by atoms with Gasteiger partial charge in [0.1, 0.15) is 0 Å². The Kier molecular flexibility index (Phi) is 3.73. The van der Waals surface area contributed by atoms with E-state index in [1.165, 1.54) is 25.0 Å². The van der Waals surface area contributed by atoms with Crippen molar-refractivity contribution in [3.05, 3.63) is 0 Å². The van der Waals surface area contributed by atoms with Crippen molar-refractivity contribution in [2.24, 2.45) is 0 Å². The van der Waals surface area contributed by atoms with Crippen molar-refractivity contribution in [3.63, 3.8) is 0 Å². The third-order valence-corrected chi connectivity index (χ3v) is 3.69. The molecule has 0 unspecified atom stereocenters. The predicted molar refractivity (Wildman–Crippen MR) is 51.0 cm³/mol. The molecule has 0 heterocycles. The maximum atomic E-state index is 9.90. The van der Waals surface area contributed by atoms with Gasteiger partial charge in [0.2, 0.25) is 0 Å². The van der Waals surface area contributed by atoms with Gasteiger partial charge in [-0.3, -0.25) is 0 Å². The maximum Gasteiger partial charge on any atom is 0.0737 e. The van der Waals surface area contributed by atoms with Gasteiger partial charge in [0.05, 0.1) is 5.60 Å². The van der Waals surface area contributed by atoms with E-state index >= 15 is 0 Å². The minimum absolute atomic E-state index is 0.292. The summed E-state index contributed by atoms with van der Waals surface area (Å²) in [6.45, 7) is 2.19. The van der Waals surface area contributed by atoms with Crippen LogP contribution >= 0.6 is 11.8 Å². The van der Waals surface area contributed by atoms with Crippen LogP contribution in [0.1, 0.15) is 39.0 Å². The molecule has 1 aliphatic rings. The lowest BCUT2D eigenvalue weighted by molar-refractivity contribution is 0.0733. The van der Waals surface area contributed by atoms with Crippen molar-refractivity contribution < 1.29 is 5.11 Å². The van der Waals surface area contributed by atoms with Crippen molar-refractivity contribution in [1.29, 1.82) is 0 Å². The van der Waals surface area contributed by atoms with Crippen molar-refractivity contribution >= 4 is 11.8 Å². The predicted octanol–water partition coefficient (Wildman–Crippen LogP) is 2.43. The highest BCUT2D eigenvalue weighted by Crippen LogP contribution is 2.32. The number of thioether (sulfide) groups is 1. The van der Waals surface area contributed by atoms with Crippen LogP contribution in [0, 0.1) is 0 Å². The summed E-state index contributed by atoms with van der Waals surface area (Å²) < 4.78 is 0. The summed E-state index contributed by atoms with van der Waals surface area (Å²) >= 11 is 1.90. The highest BCUT2D eigenvalue weighted by atomic mass is 32.2. The largest absolute Gasteiger partial charge is 0.389 e. The van der Waals surface area contributed by atoms with E-state index in [0.717, 1.165) is 18.6 Å². The van der Waals surface area contributed by atoms with Crippen LogP contribution in [0.4, 0.5) is 0 Å². The monoisotopic (exact) mass is 174 g/mol. The molecule has 0 aromatic rings. The van der Waals surface area contributed by atoms with E-state index in [9.17, 15) is 5.11 Å². The van der Waals surface area contributed by atoms with Crippen LogP contribution < -0.4 is 0 Å². The van der Waals surface area contributed by atoms with E-state index in [4.69, 9.17) is 0 Å². The smallest absolute Gasteiger partial charge is 0.0737 e. The topological polar surface area (TPSA) is 20.2 Å². The highest BCUT2D eigenvalue weighted by molar-refractivity contribution is 7.99. The van der Waals surface area contributed by atoms with Gasteiger partial charge >= 0.3 is 0 Å². The van der Waals surface area contributed by atoms with Crippen molar-refractivity contribution in [1.82, 2.24) is 0 Å². The summed E-state index contributed by atoms with van der Waals surface area (Å²) in [7, 11) is 0. The van der Waals surface area contributed by atoms with Gasteiger partial charge in [-0.2, -0.15) is 11.8 Å². The molecule has 0 aromatic heterocycles. The maximum absolute atomic E-state index is 9.90. The summed E-state index contributed by atoms with van der Waals surface area (Å²) in [5.74, 6) is 2.16. The SMILES string of the molecule is CCCSCC1(O)CCCC1. The zero-order chi connectivity index (χ0) is 8.16. The average Bonchev–Trinajstić information content (AvgIpc) is 2.38. The molecule has 1 N–H and O–H groups in total. The highest BCUT2D eigenvalue weighted by Gasteiger charge is 2.30. The molecule has 1 nitrogen and oxygen atoms in total. The van der Waals surface area contributed by atoms with Crippen LogP contribution in [0.5, 0.6) is 0 Å². The Hall–Kier alpha value is 0.310. The zero-order valence-electron chi connectivity index (χ0n) is 7.31. The van der Waals surface area contributed by atoms with Crippen LogP contribution in [-0.4, -0.2) is 22.2 Å². The Morgan fingerprint density at radius 2 is 2.00 bits per heavy atom. The summed E-state index contributed by atoms with van der Waals surface area (Å²) in [5.41, 5.74) is -0.292. The molecule has 66 valence electrons. The van der Waals surface area contributed by atoms with Crippen molar-refractivity contribution in [2.75, 3.05) is 11.5 Å². The normalized spacial score (nSPS) is 22.4. The van der Waals surface area contributed by atoms with Crippen molar-refractivity contribution in [3.8, 4) is 0 Å². The lowest BCUT2D eigenvalue weighted by atomic mass is 10.1. The van der Waals surface area contributed by atoms with Gasteiger partial charge < -0.3 is 5.11 Å². The molecule has 0 aliphatic heterocycles. The Morgan fingerprint density at radius 3 is 2.55 bits per heavy atom. The first-order valence-corrected chi connectivity index (χ1v) is 5.72. The molecule has 0 spiro atoms. The fraction of sp³-hybridized carbons (Fsp3) is 1.00. The number of aliphatic hydroxyl groups is 1. The van der Waals surface area contributed by atoms with Gasteiger partial charge in [-0.25, -0.2) is 0 Å². The molecule has 0 atom stereocenters. The molecule has 1 rings (SSSR count). The van der Waals surface area contributed by atoms with Crippen LogP contribution in [0.3, 0.4) is 0 Å². The standard InChI is InChI=1S/C9H18OS/c1-2-7-11-8-9(10)5-3-4-6-9/h10H,2-8H2,1H3. The van der Waals surface area contributed by atoms with E-state index in [-0.39, 0.29) is 5.60 Å². The summed E-state index contributed by atoms with van der Waals surface area (Å²) in [4.78, 5) is 0. The number of hydrogen-bond acceptors (Lipinski definition) is 2. The van der Waals surface area contributed by atoms with Crippen LogP contribution in [0.25, 0.3) is 0 Å². The first-order valence-electron chi connectivity index (χ1n) is 4.57. The molecular weight excluding hydrogens is 156 g/mol. The van der Waals surface area contributed by atoms with Crippen LogP contribution in [-0.2, 0) is 0 Å². The molecule has 1 saturated carbocycles.